The monoisotopic (exact) mass is 342 g/mol. The van der Waals surface area contributed by atoms with Gasteiger partial charge in [-0.1, -0.05) is 45.7 Å². The molecule has 0 aliphatic carbocycles. The highest BCUT2D eigenvalue weighted by Crippen LogP contribution is 2.35. The lowest BCUT2D eigenvalue weighted by atomic mass is 10.00. The van der Waals surface area contributed by atoms with Crippen molar-refractivity contribution in [1.82, 2.24) is 0 Å². The molecule has 0 fully saturated rings. The standard InChI is InChI=1S/C15H13BrCl2/c1-9-3-4-11(7-10(9)2)15(18)13-8-12(17)5-6-14(13)16/h3-8,15H,1-2H3. The Hall–Kier alpha value is -0.500. The van der Waals surface area contributed by atoms with Crippen molar-refractivity contribution in [2.24, 2.45) is 0 Å². The van der Waals surface area contributed by atoms with Gasteiger partial charge >= 0.3 is 0 Å². The molecule has 0 amide bonds. The third-order valence-electron chi connectivity index (χ3n) is 3.05. The third-order valence-corrected chi connectivity index (χ3v) is 4.50. The molecule has 0 nitrogen and oxygen atoms in total. The average molecular weight is 344 g/mol. The van der Waals surface area contributed by atoms with Crippen molar-refractivity contribution in [3.05, 3.63) is 68.1 Å². The molecule has 0 N–H and O–H groups in total. The van der Waals surface area contributed by atoms with E-state index < -0.39 is 0 Å². The Labute approximate surface area is 126 Å². The molecule has 1 unspecified atom stereocenters. The molecular formula is C15H13BrCl2. The van der Waals surface area contributed by atoms with Gasteiger partial charge in [-0.25, -0.2) is 0 Å². The minimum Gasteiger partial charge on any atom is -0.113 e. The Morgan fingerprint density at radius 2 is 1.72 bits per heavy atom. The van der Waals surface area contributed by atoms with E-state index in [0.717, 1.165) is 15.6 Å². The maximum Gasteiger partial charge on any atom is 0.0846 e. The first-order valence-electron chi connectivity index (χ1n) is 5.65. The van der Waals surface area contributed by atoms with Crippen LogP contribution in [0.2, 0.25) is 5.02 Å². The Balaban J connectivity index is 2.44. The molecule has 0 spiro atoms. The van der Waals surface area contributed by atoms with E-state index in [4.69, 9.17) is 23.2 Å². The summed E-state index contributed by atoms with van der Waals surface area (Å²) in [5.41, 5.74) is 4.60. The molecular weight excluding hydrogens is 331 g/mol. The van der Waals surface area contributed by atoms with Crippen molar-refractivity contribution < 1.29 is 0 Å². The highest BCUT2D eigenvalue weighted by Gasteiger charge is 2.15. The SMILES string of the molecule is Cc1ccc(C(Cl)c2cc(Cl)ccc2Br)cc1C. The van der Waals surface area contributed by atoms with E-state index in [9.17, 15) is 0 Å². The van der Waals surface area contributed by atoms with Crippen LogP contribution < -0.4 is 0 Å². The fraction of sp³-hybridized carbons (Fsp3) is 0.200. The van der Waals surface area contributed by atoms with Crippen LogP contribution in [0.25, 0.3) is 0 Å². The van der Waals surface area contributed by atoms with E-state index in [1.165, 1.54) is 11.1 Å². The number of halogens is 3. The summed E-state index contributed by atoms with van der Waals surface area (Å²) in [6.45, 7) is 4.19. The number of rotatable bonds is 2. The van der Waals surface area contributed by atoms with Crippen LogP contribution in [0.15, 0.2) is 40.9 Å². The molecule has 0 aliphatic rings. The predicted octanol–water partition coefficient (Wildman–Crippen LogP) is 6.05. The van der Waals surface area contributed by atoms with Gasteiger partial charge in [-0.15, -0.1) is 11.6 Å². The van der Waals surface area contributed by atoms with E-state index >= 15 is 0 Å². The largest absolute Gasteiger partial charge is 0.113 e. The second-order valence-electron chi connectivity index (χ2n) is 4.37. The van der Waals surface area contributed by atoms with Crippen LogP contribution >= 0.6 is 39.1 Å². The zero-order chi connectivity index (χ0) is 13.3. The van der Waals surface area contributed by atoms with Gasteiger partial charge in [0.2, 0.25) is 0 Å². The van der Waals surface area contributed by atoms with Gasteiger partial charge in [-0.05, 0) is 54.3 Å². The first-order chi connectivity index (χ1) is 8.49. The molecule has 0 bridgehead atoms. The van der Waals surface area contributed by atoms with Crippen LogP contribution in [0.3, 0.4) is 0 Å². The highest BCUT2D eigenvalue weighted by molar-refractivity contribution is 9.10. The lowest BCUT2D eigenvalue weighted by molar-refractivity contribution is 1.11. The van der Waals surface area contributed by atoms with E-state index in [-0.39, 0.29) is 5.38 Å². The van der Waals surface area contributed by atoms with Gasteiger partial charge < -0.3 is 0 Å². The fourth-order valence-corrected chi connectivity index (χ4v) is 2.91. The molecule has 2 aromatic carbocycles. The molecule has 94 valence electrons. The highest BCUT2D eigenvalue weighted by atomic mass is 79.9. The Morgan fingerprint density at radius 1 is 1.00 bits per heavy atom. The molecule has 2 aromatic rings. The molecule has 0 aromatic heterocycles. The minimum absolute atomic E-state index is 0.197. The molecule has 0 saturated carbocycles. The van der Waals surface area contributed by atoms with E-state index in [0.29, 0.717) is 5.02 Å². The van der Waals surface area contributed by atoms with E-state index in [2.05, 4.69) is 48.0 Å². The number of aryl methyl sites for hydroxylation is 2. The summed E-state index contributed by atoms with van der Waals surface area (Å²) >= 11 is 16.1. The van der Waals surface area contributed by atoms with Crippen molar-refractivity contribution in [3.8, 4) is 0 Å². The van der Waals surface area contributed by atoms with Crippen LogP contribution in [-0.2, 0) is 0 Å². The van der Waals surface area contributed by atoms with Crippen LogP contribution in [0, 0.1) is 13.8 Å². The van der Waals surface area contributed by atoms with Gasteiger partial charge in [-0.3, -0.25) is 0 Å². The van der Waals surface area contributed by atoms with Gasteiger partial charge in [0, 0.05) is 9.50 Å². The fourth-order valence-electron chi connectivity index (χ4n) is 1.81. The zero-order valence-electron chi connectivity index (χ0n) is 10.2. The Kier molecular flexibility index (Phi) is 4.37. The van der Waals surface area contributed by atoms with Gasteiger partial charge in [0.1, 0.15) is 0 Å². The Morgan fingerprint density at radius 3 is 2.39 bits per heavy atom. The quantitative estimate of drug-likeness (QED) is 0.582. The van der Waals surface area contributed by atoms with Crippen LogP contribution in [0.4, 0.5) is 0 Å². The first kappa shape index (κ1) is 13.9. The number of alkyl halides is 1. The summed E-state index contributed by atoms with van der Waals surface area (Å²) in [6.07, 6.45) is 0. The van der Waals surface area contributed by atoms with Gasteiger partial charge in [0.05, 0.1) is 5.38 Å². The van der Waals surface area contributed by atoms with E-state index in [1.54, 1.807) is 0 Å². The first-order valence-corrected chi connectivity index (χ1v) is 7.26. The molecule has 18 heavy (non-hydrogen) atoms. The third kappa shape index (κ3) is 2.90. The van der Waals surface area contributed by atoms with Crippen molar-refractivity contribution >= 4 is 39.1 Å². The van der Waals surface area contributed by atoms with Crippen molar-refractivity contribution in [3.63, 3.8) is 0 Å². The molecule has 3 heteroatoms. The summed E-state index contributed by atoms with van der Waals surface area (Å²) in [5, 5.41) is 0.500. The topological polar surface area (TPSA) is 0 Å². The summed E-state index contributed by atoms with van der Waals surface area (Å²) in [5.74, 6) is 0. The van der Waals surface area contributed by atoms with Crippen LogP contribution in [0.1, 0.15) is 27.6 Å². The maximum absolute atomic E-state index is 6.54. The smallest absolute Gasteiger partial charge is 0.0846 e. The molecule has 2 rings (SSSR count). The van der Waals surface area contributed by atoms with Crippen molar-refractivity contribution in [2.75, 3.05) is 0 Å². The summed E-state index contributed by atoms with van der Waals surface area (Å²) in [4.78, 5) is 0. The van der Waals surface area contributed by atoms with E-state index in [1.807, 2.05) is 18.2 Å². The number of benzene rings is 2. The number of hydrogen-bond donors (Lipinski definition) is 0. The van der Waals surface area contributed by atoms with Gasteiger partial charge in [0.25, 0.3) is 0 Å². The van der Waals surface area contributed by atoms with Crippen LogP contribution in [0.5, 0.6) is 0 Å². The number of hydrogen-bond acceptors (Lipinski definition) is 0. The second kappa shape index (κ2) is 5.64. The van der Waals surface area contributed by atoms with Gasteiger partial charge in [-0.2, -0.15) is 0 Å². The zero-order valence-corrected chi connectivity index (χ0v) is 13.3. The molecule has 1 atom stereocenters. The van der Waals surface area contributed by atoms with Crippen molar-refractivity contribution in [2.45, 2.75) is 19.2 Å². The molecule has 0 aliphatic heterocycles. The minimum atomic E-state index is -0.197. The molecule has 0 radical (unpaired) electrons. The average Bonchev–Trinajstić information content (AvgIpc) is 2.35. The normalized spacial score (nSPS) is 12.5. The summed E-state index contributed by atoms with van der Waals surface area (Å²) < 4.78 is 0.977. The molecule has 0 heterocycles. The predicted molar refractivity (Wildman–Crippen MR) is 82.8 cm³/mol. The summed E-state index contributed by atoms with van der Waals surface area (Å²) in [6, 6.07) is 12.0. The maximum atomic E-state index is 6.54. The van der Waals surface area contributed by atoms with Gasteiger partial charge in [0.15, 0.2) is 0 Å². The second-order valence-corrected chi connectivity index (χ2v) is 6.10. The van der Waals surface area contributed by atoms with Crippen molar-refractivity contribution in [1.29, 1.82) is 0 Å². The lowest BCUT2D eigenvalue weighted by Crippen LogP contribution is -1.96. The molecule has 0 saturated heterocycles. The summed E-state index contributed by atoms with van der Waals surface area (Å²) in [7, 11) is 0. The Bertz CT molecular complexity index is 579. The lowest BCUT2D eigenvalue weighted by Gasteiger charge is -2.14. The van der Waals surface area contributed by atoms with Crippen LogP contribution in [-0.4, -0.2) is 0 Å².